The van der Waals surface area contributed by atoms with Crippen LogP contribution in [0.25, 0.3) is 0 Å². The second-order valence-electron chi connectivity index (χ2n) is 10.4. The molecule has 0 saturated carbocycles. The first-order chi connectivity index (χ1) is 16.0. The van der Waals surface area contributed by atoms with E-state index in [1.165, 1.54) is 24.3 Å². The summed E-state index contributed by atoms with van der Waals surface area (Å²) < 4.78 is 13.2. The van der Waals surface area contributed by atoms with Crippen molar-refractivity contribution in [1.82, 2.24) is 10.2 Å². The maximum Gasteiger partial charge on any atom is 0.407 e. The van der Waals surface area contributed by atoms with Crippen molar-refractivity contribution in [2.24, 2.45) is 11.3 Å². The number of nitrogens with zero attached hydrogens (tertiary/aromatic N) is 1. The predicted molar refractivity (Wildman–Crippen MR) is 132 cm³/mol. The Kier molecular flexibility index (Phi) is 8.31. The second-order valence-corrected chi connectivity index (χ2v) is 10.4. The van der Waals surface area contributed by atoms with Crippen LogP contribution in [0.2, 0.25) is 0 Å². The van der Waals surface area contributed by atoms with Crippen LogP contribution in [0.3, 0.4) is 0 Å². The van der Waals surface area contributed by atoms with Gasteiger partial charge in [-0.3, -0.25) is 4.79 Å². The summed E-state index contributed by atoms with van der Waals surface area (Å²) in [5, 5.41) is 16.1. The number of piperidine rings is 1. The Morgan fingerprint density at radius 2 is 1.82 bits per heavy atom. The lowest BCUT2D eigenvalue weighted by atomic mass is 9.75. The molecule has 0 aliphatic carbocycles. The first kappa shape index (κ1) is 25.7. The number of anilines is 1. The lowest BCUT2D eigenvalue weighted by Crippen LogP contribution is -2.52. The molecular weight excluding hydrogens is 433 g/mol. The van der Waals surface area contributed by atoms with E-state index in [0.29, 0.717) is 24.6 Å². The average Bonchev–Trinajstić information content (AvgIpc) is 2.78. The van der Waals surface area contributed by atoms with E-state index >= 15 is 0 Å². The topological polar surface area (TPSA) is 81.7 Å². The molecule has 2 aromatic carbocycles. The van der Waals surface area contributed by atoms with Crippen molar-refractivity contribution in [3.05, 3.63) is 65.5 Å². The Morgan fingerprint density at radius 1 is 1.15 bits per heavy atom. The molecule has 3 atom stereocenters. The molecule has 0 radical (unpaired) electrons. The van der Waals surface area contributed by atoms with E-state index < -0.39 is 6.09 Å². The zero-order valence-electron chi connectivity index (χ0n) is 20.5. The number of carbonyl (C=O) groups is 2. The third-order valence-corrected chi connectivity index (χ3v) is 6.66. The lowest BCUT2D eigenvalue weighted by Gasteiger charge is -2.45. The lowest BCUT2D eigenvalue weighted by molar-refractivity contribution is 0.0373. The number of likely N-dealkylation sites (tertiary alicyclic amines) is 1. The molecule has 184 valence electrons. The second kappa shape index (κ2) is 11.0. The van der Waals surface area contributed by atoms with Crippen molar-refractivity contribution < 1.29 is 19.1 Å². The van der Waals surface area contributed by atoms with Crippen LogP contribution in [-0.2, 0) is 6.54 Å². The molecule has 0 aromatic heterocycles. The van der Waals surface area contributed by atoms with Gasteiger partial charge in [0.1, 0.15) is 5.82 Å². The van der Waals surface area contributed by atoms with Gasteiger partial charge in [0, 0.05) is 36.4 Å². The summed E-state index contributed by atoms with van der Waals surface area (Å²) >= 11 is 0. The Labute approximate surface area is 201 Å². The van der Waals surface area contributed by atoms with Crippen LogP contribution in [0.4, 0.5) is 14.9 Å². The number of benzene rings is 2. The van der Waals surface area contributed by atoms with Gasteiger partial charge < -0.3 is 20.6 Å². The van der Waals surface area contributed by atoms with Crippen LogP contribution >= 0.6 is 0 Å². The number of nitrogens with one attached hydrogen (secondary N) is 2. The number of rotatable bonds is 7. The van der Waals surface area contributed by atoms with Crippen molar-refractivity contribution >= 4 is 17.7 Å². The molecule has 34 heavy (non-hydrogen) atoms. The third kappa shape index (κ3) is 6.79. The number of halogens is 1. The quantitative estimate of drug-likeness (QED) is 0.482. The van der Waals surface area contributed by atoms with Gasteiger partial charge in [0.05, 0.1) is 0 Å². The third-order valence-electron chi connectivity index (χ3n) is 6.66. The molecule has 1 aliphatic rings. The smallest absolute Gasteiger partial charge is 0.407 e. The monoisotopic (exact) mass is 469 g/mol. The Morgan fingerprint density at radius 3 is 2.47 bits per heavy atom. The number of para-hydroxylation sites is 1. The molecule has 0 spiro atoms. The van der Waals surface area contributed by atoms with Crippen LogP contribution < -0.4 is 10.6 Å². The normalized spacial score (nSPS) is 19.5. The minimum Gasteiger partial charge on any atom is -0.465 e. The molecule has 2 amide bonds. The molecule has 1 heterocycles. The standard InChI is InChI=1S/C27H36FN3O3/c1-18(15-19-13-14-31(26(33)34)24(16-19)27(2,3)4)29-17-21-7-5-6-8-23(21)30-25(32)20-9-11-22(28)12-10-20/h5-12,18-19,24,29H,13-17H2,1-4H3,(H,30,32)(H,33,34). The molecule has 7 heteroatoms. The largest absolute Gasteiger partial charge is 0.465 e. The number of amides is 2. The van der Waals surface area contributed by atoms with Crippen molar-refractivity contribution in [3.8, 4) is 0 Å². The van der Waals surface area contributed by atoms with Gasteiger partial charge in [-0.25, -0.2) is 9.18 Å². The number of hydrogen-bond donors (Lipinski definition) is 3. The number of carboxylic acid groups (broad SMARTS) is 1. The van der Waals surface area contributed by atoms with Crippen LogP contribution in [0, 0.1) is 17.2 Å². The molecule has 6 nitrogen and oxygen atoms in total. The maximum atomic E-state index is 13.2. The fourth-order valence-electron chi connectivity index (χ4n) is 4.76. The van der Waals surface area contributed by atoms with Crippen LogP contribution in [-0.4, -0.2) is 40.6 Å². The molecule has 0 bridgehead atoms. The van der Waals surface area contributed by atoms with E-state index in [4.69, 9.17) is 0 Å². The van der Waals surface area contributed by atoms with Crippen LogP contribution in [0.15, 0.2) is 48.5 Å². The molecule has 2 aromatic rings. The first-order valence-corrected chi connectivity index (χ1v) is 11.9. The van der Waals surface area contributed by atoms with E-state index in [1.54, 1.807) is 4.90 Å². The van der Waals surface area contributed by atoms with Crippen LogP contribution in [0.5, 0.6) is 0 Å². The van der Waals surface area contributed by atoms with Crippen LogP contribution in [0.1, 0.15) is 62.9 Å². The summed E-state index contributed by atoms with van der Waals surface area (Å²) in [6.07, 6.45) is 1.87. The Bertz CT molecular complexity index is 987. The van der Waals surface area contributed by atoms with Gasteiger partial charge in [-0.15, -0.1) is 0 Å². The number of carbonyl (C=O) groups excluding carboxylic acids is 1. The Hall–Kier alpha value is -2.93. The number of hydrogen-bond acceptors (Lipinski definition) is 3. The average molecular weight is 470 g/mol. The molecule has 3 rings (SSSR count). The molecule has 1 fully saturated rings. The van der Waals surface area contributed by atoms with Crippen molar-refractivity contribution in [2.75, 3.05) is 11.9 Å². The minimum absolute atomic E-state index is 0.0124. The molecule has 1 aliphatic heterocycles. The van der Waals surface area contributed by atoms with Gasteiger partial charge in [0.25, 0.3) is 5.91 Å². The fraction of sp³-hybridized carbons (Fsp3) is 0.481. The van der Waals surface area contributed by atoms with E-state index in [0.717, 1.165) is 30.5 Å². The van der Waals surface area contributed by atoms with E-state index in [2.05, 4.69) is 38.3 Å². The molecule has 3 unspecified atom stereocenters. The van der Waals surface area contributed by atoms with E-state index in [-0.39, 0.29) is 29.2 Å². The van der Waals surface area contributed by atoms with Crippen molar-refractivity contribution in [2.45, 2.75) is 65.6 Å². The zero-order valence-corrected chi connectivity index (χ0v) is 20.5. The SMILES string of the molecule is CC(CC1CCN(C(=O)O)C(C(C)(C)C)C1)NCc1ccccc1NC(=O)c1ccc(F)cc1. The summed E-state index contributed by atoms with van der Waals surface area (Å²) in [7, 11) is 0. The fourth-order valence-corrected chi connectivity index (χ4v) is 4.76. The molecule has 1 saturated heterocycles. The maximum absolute atomic E-state index is 13.2. The zero-order chi connectivity index (χ0) is 24.9. The van der Waals surface area contributed by atoms with Crippen molar-refractivity contribution in [1.29, 1.82) is 0 Å². The summed E-state index contributed by atoms with van der Waals surface area (Å²) in [6.45, 7) is 9.64. The van der Waals surface area contributed by atoms with E-state index in [9.17, 15) is 19.1 Å². The van der Waals surface area contributed by atoms with Gasteiger partial charge in [-0.05, 0) is 73.4 Å². The summed E-state index contributed by atoms with van der Waals surface area (Å²) in [4.78, 5) is 25.9. The highest BCUT2D eigenvalue weighted by Crippen LogP contribution is 2.36. The van der Waals surface area contributed by atoms with Gasteiger partial charge in [0.2, 0.25) is 0 Å². The van der Waals surface area contributed by atoms with E-state index in [1.807, 2.05) is 24.3 Å². The highest BCUT2D eigenvalue weighted by Gasteiger charge is 2.38. The summed E-state index contributed by atoms with van der Waals surface area (Å²) in [6, 6.07) is 13.4. The summed E-state index contributed by atoms with van der Waals surface area (Å²) in [5.41, 5.74) is 1.99. The van der Waals surface area contributed by atoms with Gasteiger partial charge in [-0.2, -0.15) is 0 Å². The molecular formula is C27H36FN3O3. The van der Waals surface area contributed by atoms with Gasteiger partial charge in [-0.1, -0.05) is 39.0 Å². The highest BCUT2D eigenvalue weighted by atomic mass is 19.1. The minimum atomic E-state index is -0.830. The van der Waals surface area contributed by atoms with Gasteiger partial charge in [0.15, 0.2) is 0 Å². The predicted octanol–water partition coefficient (Wildman–Crippen LogP) is 5.75. The summed E-state index contributed by atoms with van der Waals surface area (Å²) in [5.74, 6) is -0.202. The Balaban J connectivity index is 1.57. The highest BCUT2D eigenvalue weighted by molar-refractivity contribution is 6.04. The first-order valence-electron chi connectivity index (χ1n) is 11.9. The van der Waals surface area contributed by atoms with Crippen molar-refractivity contribution in [3.63, 3.8) is 0 Å². The van der Waals surface area contributed by atoms with Gasteiger partial charge >= 0.3 is 6.09 Å². The molecule has 3 N–H and O–H groups in total.